The standard InChI is InChI=1S/C14H13N5O3S/c1-8-7-23-14(22)19(8)6-11(20)16-18-13(21)12-9-4-2-3-5-10(9)15-17-12/h2-5,7H,6H2,1H3,(H,15,17)(H,16,20)(H,18,21). The second-order valence-electron chi connectivity index (χ2n) is 4.85. The molecule has 0 saturated heterocycles. The number of amides is 2. The van der Waals surface area contributed by atoms with Crippen LogP contribution in [0, 0.1) is 6.92 Å². The molecule has 0 atom stereocenters. The van der Waals surface area contributed by atoms with Crippen LogP contribution in [0.5, 0.6) is 0 Å². The maximum absolute atomic E-state index is 12.1. The average Bonchev–Trinajstić information content (AvgIpc) is 3.11. The highest BCUT2D eigenvalue weighted by Crippen LogP contribution is 2.14. The third-order valence-electron chi connectivity index (χ3n) is 3.28. The average molecular weight is 331 g/mol. The number of rotatable bonds is 3. The number of aromatic nitrogens is 3. The second kappa shape index (κ2) is 6.05. The summed E-state index contributed by atoms with van der Waals surface area (Å²) in [5, 5.41) is 9.00. The largest absolute Gasteiger partial charge is 0.307 e. The van der Waals surface area contributed by atoms with Gasteiger partial charge in [-0.25, -0.2) is 0 Å². The van der Waals surface area contributed by atoms with E-state index < -0.39 is 11.8 Å². The summed E-state index contributed by atoms with van der Waals surface area (Å²) < 4.78 is 1.33. The Kier molecular flexibility index (Phi) is 3.94. The first kappa shape index (κ1) is 15.0. The van der Waals surface area contributed by atoms with Crippen molar-refractivity contribution in [3.63, 3.8) is 0 Å². The van der Waals surface area contributed by atoms with E-state index in [9.17, 15) is 14.4 Å². The smallest absolute Gasteiger partial charge is 0.294 e. The molecule has 0 spiro atoms. The van der Waals surface area contributed by atoms with Crippen LogP contribution in [0.25, 0.3) is 10.9 Å². The molecule has 2 heterocycles. The number of nitrogens with one attached hydrogen (secondary N) is 3. The van der Waals surface area contributed by atoms with Gasteiger partial charge >= 0.3 is 4.87 Å². The van der Waals surface area contributed by atoms with Crippen molar-refractivity contribution in [2.45, 2.75) is 13.5 Å². The molecule has 0 saturated carbocycles. The highest BCUT2D eigenvalue weighted by atomic mass is 32.1. The SMILES string of the molecule is Cc1csc(=O)n1CC(=O)NNC(=O)c1n[nH]c2ccccc12. The van der Waals surface area contributed by atoms with E-state index in [2.05, 4.69) is 21.0 Å². The van der Waals surface area contributed by atoms with Gasteiger partial charge in [-0.2, -0.15) is 5.10 Å². The van der Waals surface area contributed by atoms with Crippen molar-refractivity contribution < 1.29 is 9.59 Å². The topological polar surface area (TPSA) is 109 Å². The van der Waals surface area contributed by atoms with E-state index in [1.165, 1.54) is 4.57 Å². The molecule has 9 heteroatoms. The minimum atomic E-state index is -0.537. The fourth-order valence-electron chi connectivity index (χ4n) is 2.10. The molecular weight excluding hydrogens is 318 g/mol. The molecule has 0 bridgehead atoms. The monoisotopic (exact) mass is 331 g/mol. The first-order chi connectivity index (χ1) is 11.1. The summed E-state index contributed by atoms with van der Waals surface area (Å²) in [4.78, 5) is 35.3. The first-order valence-electron chi connectivity index (χ1n) is 6.73. The van der Waals surface area contributed by atoms with Crippen LogP contribution in [-0.4, -0.2) is 26.6 Å². The summed E-state index contributed by atoms with van der Waals surface area (Å²) in [5.74, 6) is -1.04. The molecule has 0 radical (unpaired) electrons. The van der Waals surface area contributed by atoms with Gasteiger partial charge in [0, 0.05) is 16.5 Å². The minimum Gasteiger partial charge on any atom is -0.294 e. The molecule has 118 valence electrons. The summed E-state index contributed by atoms with van der Waals surface area (Å²) in [6, 6.07) is 7.16. The molecule has 0 unspecified atom stereocenters. The normalized spacial score (nSPS) is 10.7. The number of fused-ring (bicyclic) bond motifs is 1. The van der Waals surface area contributed by atoms with Gasteiger partial charge < -0.3 is 0 Å². The van der Waals surface area contributed by atoms with E-state index in [0.717, 1.165) is 16.9 Å². The van der Waals surface area contributed by atoms with Gasteiger partial charge in [0.25, 0.3) is 11.8 Å². The zero-order chi connectivity index (χ0) is 16.4. The summed E-state index contributed by atoms with van der Waals surface area (Å²) in [7, 11) is 0. The van der Waals surface area contributed by atoms with E-state index in [-0.39, 0.29) is 17.1 Å². The van der Waals surface area contributed by atoms with Crippen molar-refractivity contribution in [1.82, 2.24) is 25.6 Å². The number of aromatic amines is 1. The van der Waals surface area contributed by atoms with Gasteiger partial charge in [-0.15, -0.1) is 0 Å². The van der Waals surface area contributed by atoms with Crippen molar-refractivity contribution in [3.8, 4) is 0 Å². The first-order valence-corrected chi connectivity index (χ1v) is 7.61. The van der Waals surface area contributed by atoms with E-state index in [1.54, 1.807) is 30.5 Å². The number of hydrazine groups is 1. The van der Waals surface area contributed by atoms with Crippen molar-refractivity contribution in [2.75, 3.05) is 0 Å². The molecule has 0 aliphatic rings. The highest BCUT2D eigenvalue weighted by molar-refractivity contribution is 7.07. The van der Waals surface area contributed by atoms with Gasteiger partial charge in [-0.1, -0.05) is 29.5 Å². The van der Waals surface area contributed by atoms with E-state index in [4.69, 9.17) is 0 Å². The number of aryl methyl sites for hydroxylation is 1. The Labute approximate surface area is 134 Å². The number of carbonyl (C=O) groups is 2. The maximum Gasteiger partial charge on any atom is 0.307 e. The number of benzene rings is 1. The van der Waals surface area contributed by atoms with Crippen LogP contribution < -0.4 is 15.7 Å². The Balaban J connectivity index is 1.65. The number of H-pyrrole nitrogens is 1. The molecular formula is C14H13N5O3S. The Morgan fingerprint density at radius 1 is 1.30 bits per heavy atom. The molecule has 23 heavy (non-hydrogen) atoms. The van der Waals surface area contributed by atoms with Crippen molar-refractivity contribution >= 4 is 34.1 Å². The highest BCUT2D eigenvalue weighted by Gasteiger charge is 2.15. The predicted molar refractivity (Wildman–Crippen MR) is 85.0 cm³/mol. The molecule has 0 fully saturated rings. The summed E-state index contributed by atoms with van der Waals surface area (Å²) >= 11 is 1.02. The van der Waals surface area contributed by atoms with Gasteiger partial charge in [0.15, 0.2) is 5.69 Å². The number of hydrogen-bond donors (Lipinski definition) is 3. The maximum atomic E-state index is 12.1. The molecule has 3 aromatic rings. The summed E-state index contributed by atoms with van der Waals surface area (Å²) in [5.41, 5.74) is 6.18. The second-order valence-corrected chi connectivity index (χ2v) is 5.67. The third-order valence-corrected chi connectivity index (χ3v) is 4.16. The van der Waals surface area contributed by atoms with Crippen LogP contribution in [-0.2, 0) is 11.3 Å². The van der Waals surface area contributed by atoms with Crippen molar-refractivity contribution in [3.05, 3.63) is 50.7 Å². The third kappa shape index (κ3) is 2.99. The van der Waals surface area contributed by atoms with Crippen LogP contribution >= 0.6 is 11.3 Å². The number of nitrogens with zero attached hydrogens (tertiary/aromatic N) is 2. The van der Waals surface area contributed by atoms with E-state index in [0.29, 0.717) is 11.1 Å². The number of hydrogen-bond acceptors (Lipinski definition) is 5. The molecule has 1 aromatic carbocycles. The molecule has 3 N–H and O–H groups in total. The molecule has 3 rings (SSSR count). The van der Waals surface area contributed by atoms with Crippen LogP contribution in [0.2, 0.25) is 0 Å². The van der Waals surface area contributed by atoms with Crippen molar-refractivity contribution in [1.29, 1.82) is 0 Å². The lowest BCUT2D eigenvalue weighted by atomic mass is 10.2. The Bertz CT molecular complexity index is 939. The van der Waals surface area contributed by atoms with Gasteiger partial charge in [0.05, 0.1) is 5.52 Å². The fourth-order valence-corrected chi connectivity index (χ4v) is 2.84. The number of thiazole rings is 1. The summed E-state index contributed by atoms with van der Waals surface area (Å²) in [6.07, 6.45) is 0. The zero-order valence-corrected chi connectivity index (χ0v) is 12.9. The number of para-hydroxylation sites is 1. The predicted octanol–water partition coefficient (Wildman–Crippen LogP) is 0.556. The summed E-state index contributed by atoms with van der Waals surface area (Å²) in [6.45, 7) is 1.58. The molecule has 2 aromatic heterocycles. The van der Waals surface area contributed by atoms with Crippen molar-refractivity contribution in [2.24, 2.45) is 0 Å². The lowest BCUT2D eigenvalue weighted by Crippen LogP contribution is -2.44. The van der Waals surface area contributed by atoms with Crippen LogP contribution in [0.4, 0.5) is 0 Å². The minimum absolute atomic E-state index is 0.157. The molecule has 0 aliphatic heterocycles. The van der Waals surface area contributed by atoms with Crippen LogP contribution in [0.3, 0.4) is 0 Å². The Hall–Kier alpha value is -2.94. The number of carbonyl (C=O) groups excluding carboxylic acids is 2. The Morgan fingerprint density at radius 3 is 2.83 bits per heavy atom. The van der Waals surface area contributed by atoms with Crippen LogP contribution in [0.1, 0.15) is 16.2 Å². The van der Waals surface area contributed by atoms with Crippen LogP contribution in [0.15, 0.2) is 34.4 Å². The Morgan fingerprint density at radius 2 is 2.09 bits per heavy atom. The zero-order valence-electron chi connectivity index (χ0n) is 12.1. The molecule has 8 nitrogen and oxygen atoms in total. The van der Waals surface area contributed by atoms with Gasteiger partial charge in [-0.3, -0.25) is 34.9 Å². The van der Waals surface area contributed by atoms with Gasteiger partial charge in [0.1, 0.15) is 6.54 Å². The lowest BCUT2D eigenvalue weighted by Gasteiger charge is -2.07. The quantitative estimate of drug-likeness (QED) is 0.609. The fraction of sp³-hybridized carbons (Fsp3) is 0.143. The van der Waals surface area contributed by atoms with Gasteiger partial charge in [-0.05, 0) is 13.0 Å². The lowest BCUT2D eigenvalue weighted by molar-refractivity contribution is -0.122. The van der Waals surface area contributed by atoms with Gasteiger partial charge in [0.2, 0.25) is 0 Å². The van der Waals surface area contributed by atoms with E-state index in [1.807, 2.05) is 6.07 Å². The molecule has 0 aliphatic carbocycles. The van der Waals surface area contributed by atoms with E-state index >= 15 is 0 Å². The molecule has 2 amide bonds.